The summed E-state index contributed by atoms with van der Waals surface area (Å²) in [4.78, 5) is 9.74. The molecule has 2 unspecified atom stereocenters. The summed E-state index contributed by atoms with van der Waals surface area (Å²) < 4.78 is 13.2. The molecule has 0 spiro atoms. The predicted molar refractivity (Wildman–Crippen MR) is 118 cm³/mol. The zero-order valence-electron chi connectivity index (χ0n) is 17.7. The van der Waals surface area contributed by atoms with E-state index in [1.807, 2.05) is 43.6 Å². The van der Waals surface area contributed by atoms with Crippen molar-refractivity contribution in [2.75, 3.05) is 13.7 Å². The number of rotatable bonds is 5. The van der Waals surface area contributed by atoms with Gasteiger partial charge in [0.15, 0.2) is 17.3 Å². The molecule has 3 heterocycles. The van der Waals surface area contributed by atoms with Gasteiger partial charge < -0.3 is 14.6 Å². The summed E-state index contributed by atoms with van der Waals surface area (Å²) in [5.41, 5.74) is 4.04. The van der Waals surface area contributed by atoms with Crippen LogP contribution in [0.25, 0.3) is 5.82 Å². The predicted octanol–water partition coefficient (Wildman–Crippen LogP) is 3.52. The fraction of sp³-hybridized carbons (Fsp3) is 0.375. The Hall–Kier alpha value is -3.19. The van der Waals surface area contributed by atoms with Crippen LogP contribution in [0.4, 0.5) is 0 Å². The van der Waals surface area contributed by atoms with E-state index in [0.717, 1.165) is 46.8 Å². The molecule has 1 aromatic carbocycles. The first-order chi connectivity index (χ1) is 15.2. The number of aliphatic hydroxyl groups is 1. The van der Waals surface area contributed by atoms with Gasteiger partial charge in [0.2, 0.25) is 0 Å². The average molecular weight is 418 g/mol. The van der Waals surface area contributed by atoms with Crippen LogP contribution in [0.15, 0.2) is 53.9 Å². The summed E-state index contributed by atoms with van der Waals surface area (Å²) in [7, 11) is 1.65. The summed E-state index contributed by atoms with van der Waals surface area (Å²) in [6, 6.07) is 10.1. The summed E-state index contributed by atoms with van der Waals surface area (Å²) in [6.07, 6.45) is 7.51. The Labute approximate surface area is 181 Å². The van der Waals surface area contributed by atoms with Gasteiger partial charge in [0.25, 0.3) is 0 Å². The number of hydrogen-bond donors (Lipinski definition) is 1. The summed E-state index contributed by atoms with van der Waals surface area (Å²) in [5.74, 6) is 2.34. The average Bonchev–Trinajstić information content (AvgIpc) is 3.34. The van der Waals surface area contributed by atoms with Crippen LogP contribution in [0.5, 0.6) is 11.5 Å². The smallest absolute Gasteiger partial charge is 0.161 e. The molecular formula is C24H26N4O3. The molecule has 1 saturated carbocycles. The molecule has 160 valence electrons. The molecule has 2 aromatic heterocycles. The van der Waals surface area contributed by atoms with Crippen molar-refractivity contribution in [1.82, 2.24) is 14.8 Å². The molecule has 0 bridgehead atoms. The van der Waals surface area contributed by atoms with Gasteiger partial charge in [-0.1, -0.05) is 0 Å². The van der Waals surface area contributed by atoms with E-state index in [2.05, 4.69) is 16.1 Å². The monoisotopic (exact) mass is 418 g/mol. The second-order valence-corrected chi connectivity index (χ2v) is 8.00. The molecule has 7 heteroatoms. The van der Waals surface area contributed by atoms with E-state index in [9.17, 15) is 5.11 Å². The van der Waals surface area contributed by atoms with Gasteiger partial charge in [0.1, 0.15) is 0 Å². The molecule has 3 aromatic rings. The normalized spacial score (nSPS) is 22.3. The van der Waals surface area contributed by atoms with E-state index >= 15 is 0 Å². The number of nitrogens with zero attached hydrogens (tertiary/aromatic N) is 4. The number of fused-ring (bicyclic) bond motifs is 3. The van der Waals surface area contributed by atoms with Crippen LogP contribution >= 0.6 is 0 Å². The second kappa shape index (κ2) is 8.15. The van der Waals surface area contributed by atoms with Crippen molar-refractivity contribution < 1.29 is 14.6 Å². The Kier molecular flexibility index (Phi) is 5.19. The van der Waals surface area contributed by atoms with Gasteiger partial charge in [-0.25, -0.2) is 9.67 Å². The maximum atomic E-state index is 10.3. The third-order valence-corrected chi connectivity index (χ3v) is 6.13. The minimum Gasteiger partial charge on any atom is -0.493 e. The summed E-state index contributed by atoms with van der Waals surface area (Å²) >= 11 is 0. The van der Waals surface area contributed by atoms with Crippen molar-refractivity contribution in [2.24, 2.45) is 4.99 Å². The van der Waals surface area contributed by atoms with Crippen LogP contribution in [0.1, 0.15) is 48.8 Å². The van der Waals surface area contributed by atoms with Gasteiger partial charge in [0, 0.05) is 35.6 Å². The molecule has 0 saturated heterocycles. The minimum atomic E-state index is -0.293. The first-order valence-electron chi connectivity index (χ1n) is 10.7. The van der Waals surface area contributed by atoms with Gasteiger partial charge in [-0.3, -0.25) is 4.99 Å². The molecule has 1 N–H and O–H groups in total. The van der Waals surface area contributed by atoms with Crippen LogP contribution < -0.4 is 9.47 Å². The molecule has 3 atom stereocenters. The summed E-state index contributed by atoms with van der Waals surface area (Å²) in [5, 5.41) is 14.6. The largest absolute Gasteiger partial charge is 0.493 e. The minimum absolute atomic E-state index is 0.138. The van der Waals surface area contributed by atoms with Crippen molar-refractivity contribution in [3.8, 4) is 17.3 Å². The SMILES string of the molecule is CCOc1cc2c(cc1OC)C(c1ccc(-n3cccn3)nc1)=NC1CC[C@@H](O)CC21. The van der Waals surface area contributed by atoms with E-state index in [1.165, 1.54) is 0 Å². The number of aliphatic imine (C=N–C) groups is 1. The van der Waals surface area contributed by atoms with Crippen molar-refractivity contribution in [3.05, 3.63) is 65.6 Å². The Balaban J connectivity index is 1.61. The number of benzene rings is 1. The van der Waals surface area contributed by atoms with Crippen molar-refractivity contribution in [3.63, 3.8) is 0 Å². The molecule has 5 rings (SSSR count). The van der Waals surface area contributed by atoms with E-state index in [4.69, 9.17) is 14.5 Å². The highest BCUT2D eigenvalue weighted by Crippen LogP contribution is 2.44. The quantitative estimate of drug-likeness (QED) is 0.686. The van der Waals surface area contributed by atoms with Gasteiger partial charge in [0.05, 0.1) is 31.6 Å². The van der Waals surface area contributed by atoms with Crippen LogP contribution in [0.3, 0.4) is 0 Å². The lowest BCUT2D eigenvalue weighted by Gasteiger charge is -2.37. The highest BCUT2D eigenvalue weighted by atomic mass is 16.5. The molecule has 0 radical (unpaired) electrons. The number of aromatic nitrogens is 3. The van der Waals surface area contributed by atoms with E-state index in [1.54, 1.807) is 18.0 Å². The standard InChI is InChI=1S/C24H26N4O3/c1-3-31-22-12-17-18-11-16(29)6-7-20(18)27-24(19(17)13-21(22)30-2)15-5-8-23(25-14-15)28-10-4-9-26-28/h4-5,8-10,12-14,16,18,20,29H,3,6-7,11H2,1-2H3/t16-,18?,20?/m1/s1. The van der Waals surface area contributed by atoms with Crippen LogP contribution in [0.2, 0.25) is 0 Å². The number of methoxy groups -OCH3 is 1. The fourth-order valence-electron chi connectivity index (χ4n) is 4.67. The zero-order valence-corrected chi connectivity index (χ0v) is 17.7. The third-order valence-electron chi connectivity index (χ3n) is 6.13. The maximum Gasteiger partial charge on any atom is 0.161 e. The van der Waals surface area contributed by atoms with E-state index < -0.39 is 0 Å². The third kappa shape index (κ3) is 3.59. The van der Waals surface area contributed by atoms with Gasteiger partial charge in [-0.2, -0.15) is 5.10 Å². The molecule has 2 aliphatic rings. The Morgan fingerprint density at radius 1 is 1.19 bits per heavy atom. The van der Waals surface area contributed by atoms with Crippen molar-refractivity contribution >= 4 is 5.71 Å². The molecular weight excluding hydrogens is 392 g/mol. The Bertz CT molecular complexity index is 1090. The Morgan fingerprint density at radius 3 is 2.81 bits per heavy atom. The molecule has 31 heavy (non-hydrogen) atoms. The fourth-order valence-corrected chi connectivity index (χ4v) is 4.67. The Morgan fingerprint density at radius 2 is 2.10 bits per heavy atom. The number of pyridine rings is 1. The van der Waals surface area contributed by atoms with Crippen molar-refractivity contribution in [2.45, 2.75) is 44.2 Å². The van der Waals surface area contributed by atoms with E-state index in [-0.39, 0.29) is 18.1 Å². The van der Waals surface area contributed by atoms with E-state index in [0.29, 0.717) is 18.8 Å². The molecule has 0 amide bonds. The van der Waals surface area contributed by atoms with Crippen LogP contribution in [0, 0.1) is 0 Å². The first-order valence-corrected chi connectivity index (χ1v) is 10.7. The molecule has 7 nitrogen and oxygen atoms in total. The number of aliphatic hydroxyl groups excluding tert-OH is 1. The molecule has 1 fully saturated rings. The second-order valence-electron chi connectivity index (χ2n) is 8.00. The zero-order chi connectivity index (χ0) is 21.4. The maximum absolute atomic E-state index is 10.3. The summed E-state index contributed by atoms with van der Waals surface area (Å²) in [6.45, 7) is 2.53. The lowest BCUT2D eigenvalue weighted by Crippen LogP contribution is -2.34. The number of hydrogen-bond acceptors (Lipinski definition) is 6. The molecule has 1 aliphatic carbocycles. The van der Waals surface area contributed by atoms with Gasteiger partial charge >= 0.3 is 0 Å². The van der Waals surface area contributed by atoms with Gasteiger partial charge in [-0.05, 0) is 62.1 Å². The lowest BCUT2D eigenvalue weighted by molar-refractivity contribution is 0.111. The highest BCUT2D eigenvalue weighted by molar-refractivity contribution is 6.14. The lowest BCUT2D eigenvalue weighted by atomic mass is 9.74. The van der Waals surface area contributed by atoms with Crippen molar-refractivity contribution in [1.29, 1.82) is 0 Å². The highest BCUT2D eigenvalue weighted by Gasteiger charge is 2.37. The molecule has 1 aliphatic heterocycles. The number of ether oxygens (including phenoxy) is 2. The van der Waals surface area contributed by atoms with Crippen LogP contribution in [-0.4, -0.2) is 51.4 Å². The van der Waals surface area contributed by atoms with Crippen LogP contribution in [-0.2, 0) is 0 Å². The van der Waals surface area contributed by atoms with Gasteiger partial charge in [-0.15, -0.1) is 0 Å². The first kappa shape index (κ1) is 19.8. The topological polar surface area (TPSA) is 81.8 Å².